The summed E-state index contributed by atoms with van der Waals surface area (Å²) >= 11 is 0. The molecule has 0 aromatic carbocycles. The van der Waals surface area contributed by atoms with Gasteiger partial charge in [-0.3, -0.25) is 4.98 Å². The van der Waals surface area contributed by atoms with Crippen molar-refractivity contribution in [3.05, 3.63) is 42.5 Å². The van der Waals surface area contributed by atoms with Gasteiger partial charge in [-0.25, -0.2) is 0 Å². The molecule has 2 aromatic rings. The Kier molecular flexibility index (Phi) is 2.55. The number of hydrogen-bond donors (Lipinski definition) is 0. The van der Waals surface area contributed by atoms with Crippen LogP contribution in [0.25, 0.3) is 11.1 Å². The summed E-state index contributed by atoms with van der Waals surface area (Å²) in [7, 11) is 0. The molecule has 0 unspecified atom stereocenters. The Morgan fingerprint density at radius 1 is 0.938 bits per heavy atom. The van der Waals surface area contributed by atoms with Gasteiger partial charge in [0.2, 0.25) is 0 Å². The van der Waals surface area contributed by atoms with E-state index in [2.05, 4.69) is 15.2 Å². The Labute approximate surface area is 89.0 Å². The zero-order valence-electron chi connectivity index (χ0n) is 7.94. The highest BCUT2D eigenvalue weighted by atomic mass is 19.4. The van der Waals surface area contributed by atoms with Gasteiger partial charge in [0.05, 0.1) is 6.20 Å². The van der Waals surface area contributed by atoms with Crippen LogP contribution in [0.5, 0.6) is 0 Å². The molecule has 82 valence electrons. The van der Waals surface area contributed by atoms with Gasteiger partial charge in [0, 0.05) is 18.0 Å². The van der Waals surface area contributed by atoms with Gasteiger partial charge in [-0.15, -0.1) is 5.10 Å². The molecule has 2 aromatic heterocycles. The predicted octanol–water partition coefficient (Wildman–Crippen LogP) is 2.56. The van der Waals surface area contributed by atoms with Gasteiger partial charge in [-0.05, 0) is 23.8 Å². The average molecular weight is 225 g/mol. The Morgan fingerprint density at radius 2 is 1.62 bits per heavy atom. The first-order valence-electron chi connectivity index (χ1n) is 4.38. The SMILES string of the molecule is FC(F)(F)c1nnccc1-c1ccncc1. The summed E-state index contributed by atoms with van der Waals surface area (Å²) in [5.41, 5.74) is -0.566. The Hall–Kier alpha value is -1.98. The van der Waals surface area contributed by atoms with E-state index in [4.69, 9.17) is 0 Å². The topological polar surface area (TPSA) is 38.7 Å². The second-order valence-corrected chi connectivity index (χ2v) is 3.03. The van der Waals surface area contributed by atoms with Gasteiger partial charge in [-0.1, -0.05) is 0 Å². The molecule has 16 heavy (non-hydrogen) atoms. The van der Waals surface area contributed by atoms with Crippen molar-refractivity contribution < 1.29 is 13.2 Å². The van der Waals surface area contributed by atoms with E-state index in [-0.39, 0.29) is 5.56 Å². The highest BCUT2D eigenvalue weighted by Gasteiger charge is 2.36. The molecule has 0 bridgehead atoms. The molecule has 0 atom stereocenters. The number of halogens is 3. The molecule has 0 aliphatic heterocycles. The summed E-state index contributed by atoms with van der Waals surface area (Å²) < 4.78 is 37.8. The lowest BCUT2D eigenvalue weighted by atomic mass is 10.1. The Morgan fingerprint density at radius 3 is 2.25 bits per heavy atom. The fraction of sp³-hybridized carbons (Fsp3) is 0.100. The molecule has 0 radical (unpaired) electrons. The van der Waals surface area contributed by atoms with E-state index in [0.717, 1.165) is 0 Å². The van der Waals surface area contributed by atoms with E-state index in [1.165, 1.54) is 36.8 Å². The highest BCUT2D eigenvalue weighted by Crippen LogP contribution is 2.34. The van der Waals surface area contributed by atoms with Crippen LogP contribution < -0.4 is 0 Å². The van der Waals surface area contributed by atoms with Crippen LogP contribution in [0, 0.1) is 0 Å². The van der Waals surface area contributed by atoms with E-state index < -0.39 is 11.9 Å². The zero-order valence-corrected chi connectivity index (χ0v) is 7.94. The summed E-state index contributed by atoms with van der Waals surface area (Å²) in [5, 5.41) is 6.38. The van der Waals surface area contributed by atoms with E-state index in [0.29, 0.717) is 5.56 Å². The van der Waals surface area contributed by atoms with Crippen LogP contribution >= 0.6 is 0 Å². The maximum Gasteiger partial charge on any atom is 0.435 e. The molecule has 6 heteroatoms. The summed E-state index contributed by atoms with van der Waals surface area (Å²) in [6.07, 6.45) is -0.427. The van der Waals surface area contributed by atoms with Crippen LogP contribution in [0.15, 0.2) is 36.8 Å². The molecule has 0 saturated heterocycles. The predicted molar refractivity (Wildman–Crippen MR) is 50.3 cm³/mol. The Bertz CT molecular complexity index is 482. The van der Waals surface area contributed by atoms with E-state index in [9.17, 15) is 13.2 Å². The molecular formula is C10H6F3N3. The van der Waals surface area contributed by atoms with Crippen molar-refractivity contribution in [2.45, 2.75) is 6.18 Å². The van der Waals surface area contributed by atoms with Gasteiger partial charge >= 0.3 is 6.18 Å². The molecule has 3 nitrogen and oxygen atoms in total. The van der Waals surface area contributed by atoms with Crippen molar-refractivity contribution in [3.8, 4) is 11.1 Å². The van der Waals surface area contributed by atoms with Crippen LogP contribution in [0.4, 0.5) is 13.2 Å². The zero-order chi connectivity index (χ0) is 11.6. The standard InChI is InChI=1S/C10H6F3N3/c11-10(12,13)9-8(3-6-15-16-9)7-1-4-14-5-2-7/h1-6H. The van der Waals surface area contributed by atoms with Gasteiger partial charge in [0.15, 0.2) is 5.69 Å². The quantitative estimate of drug-likeness (QED) is 0.748. The lowest BCUT2D eigenvalue weighted by molar-refractivity contribution is -0.141. The lowest BCUT2D eigenvalue weighted by Gasteiger charge is -2.09. The fourth-order valence-corrected chi connectivity index (χ4v) is 1.31. The van der Waals surface area contributed by atoms with Crippen LogP contribution in [-0.2, 0) is 6.18 Å². The summed E-state index contributed by atoms with van der Waals surface area (Å²) in [5.74, 6) is 0. The van der Waals surface area contributed by atoms with Crippen molar-refractivity contribution in [1.82, 2.24) is 15.2 Å². The third-order valence-corrected chi connectivity index (χ3v) is 1.98. The third-order valence-electron chi connectivity index (χ3n) is 1.98. The largest absolute Gasteiger partial charge is 0.435 e. The van der Waals surface area contributed by atoms with Crippen molar-refractivity contribution in [2.75, 3.05) is 0 Å². The van der Waals surface area contributed by atoms with Gasteiger partial charge in [0.1, 0.15) is 0 Å². The number of hydrogen-bond acceptors (Lipinski definition) is 3. The number of nitrogens with zero attached hydrogens (tertiary/aromatic N) is 3. The average Bonchev–Trinajstić information content (AvgIpc) is 2.29. The molecule has 0 spiro atoms. The molecule has 2 heterocycles. The van der Waals surface area contributed by atoms with Gasteiger partial charge < -0.3 is 0 Å². The minimum Gasteiger partial charge on any atom is -0.265 e. The second-order valence-electron chi connectivity index (χ2n) is 3.03. The smallest absolute Gasteiger partial charge is 0.265 e. The molecular weight excluding hydrogens is 219 g/mol. The fourth-order valence-electron chi connectivity index (χ4n) is 1.31. The van der Waals surface area contributed by atoms with Gasteiger partial charge in [0.25, 0.3) is 0 Å². The van der Waals surface area contributed by atoms with Crippen molar-refractivity contribution >= 4 is 0 Å². The summed E-state index contributed by atoms with van der Waals surface area (Å²) in [4.78, 5) is 3.75. The van der Waals surface area contributed by atoms with Crippen LogP contribution in [0.2, 0.25) is 0 Å². The molecule has 0 amide bonds. The minimum atomic E-state index is -4.51. The van der Waals surface area contributed by atoms with E-state index in [1.807, 2.05) is 0 Å². The monoisotopic (exact) mass is 225 g/mol. The third kappa shape index (κ3) is 2.00. The highest BCUT2D eigenvalue weighted by molar-refractivity contribution is 5.65. The van der Waals surface area contributed by atoms with Crippen molar-refractivity contribution in [2.24, 2.45) is 0 Å². The van der Waals surface area contributed by atoms with Crippen molar-refractivity contribution in [1.29, 1.82) is 0 Å². The summed E-state index contributed by atoms with van der Waals surface area (Å²) in [6, 6.07) is 4.27. The van der Waals surface area contributed by atoms with Crippen molar-refractivity contribution in [3.63, 3.8) is 0 Å². The van der Waals surface area contributed by atoms with E-state index >= 15 is 0 Å². The maximum absolute atomic E-state index is 12.6. The molecule has 0 saturated carbocycles. The Balaban J connectivity index is 2.58. The lowest BCUT2D eigenvalue weighted by Crippen LogP contribution is -2.10. The van der Waals surface area contributed by atoms with Crippen LogP contribution in [-0.4, -0.2) is 15.2 Å². The maximum atomic E-state index is 12.6. The number of pyridine rings is 1. The minimum absolute atomic E-state index is 0.00454. The van der Waals surface area contributed by atoms with Crippen LogP contribution in [0.1, 0.15) is 5.69 Å². The number of alkyl halides is 3. The normalized spacial score (nSPS) is 11.4. The van der Waals surface area contributed by atoms with Gasteiger partial charge in [-0.2, -0.15) is 18.3 Å². The molecule has 0 aliphatic rings. The molecule has 2 rings (SSSR count). The van der Waals surface area contributed by atoms with Crippen LogP contribution in [0.3, 0.4) is 0 Å². The first kappa shape index (κ1) is 10.5. The molecule has 0 fully saturated rings. The number of rotatable bonds is 1. The summed E-state index contributed by atoms with van der Waals surface area (Å²) in [6.45, 7) is 0. The van der Waals surface area contributed by atoms with E-state index in [1.54, 1.807) is 0 Å². The number of aromatic nitrogens is 3. The molecule has 0 N–H and O–H groups in total. The molecule has 0 aliphatic carbocycles. The first-order valence-corrected chi connectivity index (χ1v) is 4.38. The first-order chi connectivity index (χ1) is 7.59. The second kappa shape index (κ2) is 3.88.